The molecule has 1 aliphatic carbocycles. The van der Waals surface area contributed by atoms with Gasteiger partial charge in [0.1, 0.15) is 5.76 Å². The monoisotopic (exact) mass is 227 g/mol. The van der Waals surface area contributed by atoms with Crippen molar-refractivity contribution in [2.45, 2.75) is 33.2 Å². The third-order valence-electron chi connectivity index (χ3n) is 3.52. The maximum Gasteiger partial charge on any atom is 0.193 e. The van der Waals surface area contributed by atoms with Crippen LogP contribution in [0.15, 0.2) is 16.5 Å². The zero-order chi connectivity index (χ0) is 10.9. The van der Waals surface area contributed by atoms with Gasteiger partial charge in [0.15, 0.2) is 5.22 Å². The molecule has 1 aliphatic rings. The molecular weight excluding hydrogens is 210 g/mol. The molecule has 1 N–H and O–H groups in total. The highest BCUT2D eigenvalue weighted by Crippen LogP contribution is 2.51. The fraction of sp³-hybridized carbons (Fsp3) is 0.667. The van der Waals surface area contributed by atoms with Crippen LogP contribution in [0.3, 0.4) is 0 Å². The van der Waals surface area contributed by atoms with Gasteiger partial charge in [-0.25, -0.2) is 0 Å². The van der Waals surface area contributed by atoms with Crippen molar-refractivity contribution in [1.29, 1.82) is 0 Å². The summed E-state index contributed by atoms with van der Waals surface area (Å²) in [6, 6.07) is 3.71. The minimum Gasteiger partial charge on any atom is -0.448 e. The molecule has 1 aromatic rings. The standard InChI is InChI=1S/C12H18ClNO/c1-9(2)12(5-6-12)8-14-7-10-3-4-11(13)15-10/h3-4,9,14H,5-8H2,1-2H3. The van der Waals surface area contributed by atoms with Crippen LogP contribution in [0.2, 0.25) is 5.22 Å². The van der Waals surface area contributed by atoms with Crippen molar-refractivity contribution in [3.63, 3.8) is 0 Å². The fourth-order valence-electron chi connectivity index (χ4n) is 2.00. The number of furan rings is 1. The van der Waals surface area contributed by atoms with Gasteiger partial charge in [0.05, 0.1) is 6.54 Å². The van der Waals surface area contributed by atoms with Crippen LogP contribution in [0.25, 0.3) is 0 Å². The van der Waals surface area contributed by atoms with Crippen molar-refractivity contribution in [1.82, 2.24) is 5.32 Å². The van der Waals surface area contributed by atoms with Gasteiger partial charge in [-0.15, -0.1) is 0 Å². The van der Waals surface area contributed by atoms with Gasteiger partial charge in [0, 0.05) is 6.54 Å². The summed E-state index contributed by atoms with van der Waals surface area (Å²) < 4.78 is 5.28. The van der Waals surface area contributed by atoms with Crippen LogP contribution in [-0.2, 0) is 6.54 Å². The molecule has 0 saturated heterocycles. The molecule has 2 rings (SSSR count). The van der Waals surface area contributed by atoms with Crippen molar-refractivity contribution in [3.05, 3.63) is 23.1 Å². The molecule has 0 radical (unpaired) electrons. The lowest BCUT2D eigenvalue weighted by Gasteiger charge is -2.19. The third kappa shape index (κ3) is 2.56. The Labute approximate surface area is 96.0 Å². The average Bonchev–Trinajstić information content (AvgIpc) is 2.86. The fourth-order valence-corrected chi connectivity index (χ4v) is 2.16. The molecule has 15 heavy (non-hydrogen) atoms. The maximum atomic E-state index is 5.70. The molecule has 1 aromatic heterocycles. The lowest BCUT2D eigenvalue weighted by molar-refractivity contribution is 0.331. The maximum absolute atomic E-state index is 5.70. The summed E-state index contributed by atoms with van der Waals surface area (Å²) in [6.45, 7) is 6.47. The summed E-state index contributed by atoms with van der Waals surface area (Å²) in [6.07, 6.45) is 2.72. The number of hydrogen-bond acceptors (Lipinski definition) is 2. The van der Waals surface area contributed by atoms with E-state index in [9.17, 15) is 0 Å². The second kappa shape index (κ2) is 4.18. The van der Waals surface area contributed by atoms with E-state index in [4.69, 9.17) is 16.0 Å². The van der Waals surface area contributed by atoms with Gasteiger partial charge in [-0.1, -0.05) is 13.8 Å². The number of hydrogen-bond donors (Lipinski definition) is 1. The average molecular weight is 228 g/mol. The van der Waals surface area contributed by atoms with Crippen LogP contribution < -0.4 is 5.32 Å². The lowest BCUT2D eigenvalue weighted by atomic mass is 9.92. The molecule has 0 aliphatic heterocycles. The van der Waals surface area contributed by atoms with Gasteiger partial charge in [-0.3, -0.25) is 0 Å². The van der Waals surface area contributed by atoms with Crippen LogP contribution in [0.4, 0.5) is 0 Å². The van der Waals surface area contributed by atoms with E-state index in [2.05, 4.69) is 19.2 Å². The Morgan fingerprint density at radius 3 is 2.67 bits per heavy atom. The predicted octanol–water partition coefficient (Wildman–Crippen LogP) is 3.46. The summed E-state index contributed by atoms with van der Waals surface area (Å²) in [4.78, 5) is 0. The molecule has 1 saturated carbocycles. The highest BCUT2D eigenvalue weighted by molar-refractivity contribution is 6.28. The van der Waals surface area contributed by atoms with Gasteiger partial charge in [0.2, 0.25) is 0 Å². The van der Waals surface area contributed by atoms with E-state index in [0.29, 0.717) is 10.6 Å². The van der Waals surface area contributed by atoms with Gasteiger partial charge in [-0.05, 0) is 47.9 Å². The first kappa shape index (κ1) is 11.0. The van der Waals surface area contributed by atoms with E-state index in [-0.39, 0.29) is 0 Å². The minimum absolute atomic E-state index is 0.469. The van der Waals surface area contributed by atoms with E-state index in [1.54, 1.807) is 6.07 Å². The van der Waals surface area contributed by atoms with Crippen molar-refractivity contribution in [2.24, 2.45) is 11.3 Å². The molecule has 0 unspecified atom stereocenters. The van der Waals surface area contributed by atoms with Crippen molar-refractivity contribution in [3.8, 4) is 0 Å². The Hall–Kier alpha value is -0.470. The highest BCUT2D eigenvalue weighted by atomic mass is 35.5. The van der Waals surface area contributed by atoms with Crippen LogP contribution in [0, 0.1) is 11.3 Å². The zero-order valence-electron chi connectivity index (χ0n) is 9.35. The normalized spacial score (nSPS) is 18.4. The van der Waals surface area contributed by atoms with Crippen LogP contribution in [0.1, 0.15) is 32.4 Å². The van der Waals surface area contributed by atoms with Gasteiger partial charge >= 0.3 is 0 Å². The molecular formula is C12H18ClNO. The van der Waals surface area contributed by atoms with Gasteiger partial charge < -0.3 is 9.73 Å². The van der Waals surface area contributed by atoms with Crippen LogP contribution >= 0.6 is 11.6 Å². The molecule has 0 atom stereocenters. The van der Waals surface area contributed by atoms with Crippen molar-refractivity contribution < 1.29 is 4.42 Å². The number of nitrogens with one attached hydrogen (secondary N) is 1. The largest absolute Gasteiger partial charge is 0.448 e. The molecule has 3 heteroatoms. The van der Waals surface area contributed by atoms with Gasteiger partial charge in [-0.2, -0.15) is 0 Å². The second-order valence-corrected chi connectivity index (χ2v) is 5.20. The Balaban J connectivity index is 1.76. The quantitative estimate of drug-likeness (QED) is 0.834. The summed E-state index contributed by atoms with van der Waals surface area (Å²) >= 11 is 5.70. The van der Waals surface area contributed by atoms with Crippen molar-refractivity contribution in [2.75, 3.05) is 6.54 Å². The Kier molecular flexibility index (Phi) is 3.08. The molecule has 1 heterocycles. The zero-order valence-corrected chi connectivity index (χ0v) is 10.1. The Morgan fingerprint density at radius 2 is 2.20 bits per heavy atom. The van der Waals surface area contributed by atoms with E-state index in [1.807, 2.05) is 6.07 Å². The molecule has 0 spiro atoms. The lowest BCUT2D eigenvalue weighted by Crippen LogP contribution is -2.27. The first-order valence-corrected chi connectivity index (χ1v) is 5.95. The summed E-state index contributed by atoms with van der Waals surface area (Å²) in [5.41, 5.74) is 0.552. The van der Waals surface area contributed by atoms with E-state index in [0.717, 1.165) is 24.8 Å². The van der Waals surface area contributed by atoms with Crippen LogP contribution in [-0.4, -0.2) is 6.54 Å². The molecule has 0 aromatic carbocycles. The predicted molar refractivity (Wildman–Crippen MR) is 61.9 cm³/mol. The molecule has 0 bridgehead atoms. The van der Waals surface area contributed by atoms with E-state index < -0.39 is 0 Å². The summed E-state index contributed by atoms with van der Waals surface area (Å²) in [5.74, 6) is 1.68. The molecule has 0 amide bonds. The van der Waals surface area contributed by atoms with Gasteiger partial charge in [0.25, 0.3) is 0 Å². The topological polar surface area (TPSA) is 25.2 Å². The van der Waals surface area contributed by atoms with E-state index >= 15 is 0 Å². The second-order valence-electron chi connectivity index (χ2n) is 4.83. The SMILES string of the molecule is CC(C)C1(CNCc2ccc(Cl)o2)CC1. The Morgan fingerprint density at radius 1 is 1.47 bits per heavy atom. The Bertz CT molecular complexity index is 328. The van der Waals surface area contributed by atoms with Crippen molar-refractivity contribution >= 4 is 11.6 Å². The molecule has 1 fully saturated rings. The number of rotatable bonds is 5. The summed E-state index contributed by atoms with van der Waals surface area (Å²) in [7, 11) is 0. The highest BCUT2D eigenvalue weighted by Gasteiger charge is 2.44. The van der Waals surface area contributed by atoms with E-state index in [1.165, 1.54) is 12.8 Å². The molecule has 2 nitrogen and oxygen atoms in total. The van der Waals surface area contributed by atoms with Crippen LogP contribution in [0.5, 0.6) is 0 Å². The minimum atomic E-state index is 0.469. The summed E-state index contributed by atoms with van der Waals surface area (Å²) in [5, 5.41) is 3.92. The first-order chi connectivity index (χ1) is 7.12. The smallest absolute Gasteiger partial charge is 0.193 e. The third-order valence-corrected chi connectivity index (χ3v) is 3.73. The molecule has 84 valence electrons. The first-order valence-electron chi connectivity index (χ1n) is 5.57. The number of halogens is 1.